The molecule has 0 spiro atoms. The van der Waals surface area contributed by atoms with Crippen LogP contribution in [0.1, 0.15) is 11.1 Å². The zero-order valence-electron chi connectivity index (χ0n) is 13.3. The lowest BCUT2D eigenvalue weighted by Crippen LogP contribution is -2.23. The molecular formula is C18H16N2O3S2. The minimum absolute atomic E-state index is 0.170. The normalized spacial score (nSPS) is 14.1. The molecule has 0 saturated heterocycles. The van der Waals surface area contributed by atoms with Gasteiger partial charge in [0.15, 0.2) is 4.21 Å². The smallest absolute Gasteiger partial charge is 0.348 e. The van der Waals surface area contributed by atoms with Gasteiger partial charge >= 0.3 is 10.1 Å². The maximum Gasteiger partial charge on any atom is 0.348 e. The molecule has 0 aliphatic carbocycles. The average Bonchev–Trinajstić information content (AvgIpc) is 3.13. The summed E-state index contributed by atoms with van der Waals surface area (Å²) in [6, 6.07) is 14.3. The van der Waals surface area contributed by atoms with Gasteiger partial charge in [-0.3, -0.25) is 4.98 Å². The Morgan fingerprint density at radius 1 is 1.08 bits per heavy atom. The van der Waals surface area contributed by atoms with Crippen molar-refractivity contribution in [2.24, 2.45) is 0 Å². The third-order valence-corrected chi connectivity index (χ3v) is 6.82. The third-order valence-electron chi connectivity index (χ3n) is 4.02. The number of fused-ring (bicyclic) bond motifs is 1. The van der Waals surface area contributed by atoms with Gasteiger partial charge in [0.05, 0.1) is 10.6 Å². The Bertz CT molecular complexity index is 998. The van der Waals surface area contributed by atoms with Crippen LogP contribution in [-0.2, 0) is 23.1 Å². The van der Waals surface area contributed by atoms with Crippen molar-refractivity contribution in [3.8, 4) is 16.3 Å². The topological polar surface area (TPSA) is 68.3 Å². The quantitative estimate of drug-likeness (QED) is 0.712. The predicted octanol–water partition coefficient (Wildman–Crippen LogP) is 3.22. The molecule has 0 unspecified atom stereocenters. The fraction of sp³-hybridized carbons (Fsp3) is 0.167. The summed E-state index contributed by atoms with van der Waals surface area (Å²) >= 11 is 1.15. The van der Waals surface area contributed by atoms with Gasteiger partial charge in [-0.2, -0.15) is 8.42 Å². The number of benzene rings is 1. The number of hydrogen-bond acceptors (Lipinski definition) is 6. The fourth-order valence-electron chi connectivity index (χ4n) is 2.78. The molecule has 4 rings (SSSR count). The Kier molecular flexibility index (Phi) is 4.29. The zero-order chi connectivity index (χ0) is 17.3. The van der Waals surface area contributed by atoms with Gasteiger partial charge in [0, 0.05) is 12.7 Å². The second-order valence-electron chi connectivity index (χ2n) is 5.73. The molecule has 0 bridgehead atoms. The molecule has 1 aliphatic rings. The van der Waals surface area contributed by atoms with E-state index in [0.717, 1.165) is 47.0 Å². The Morgan fingerprint density at radius 3 is 2.84 bits per heavy atom. The van der Waals surface area contributed by atoms with Crippen molar-refractivity contribution < 1.29 is 12.6 Å². The molecule has 0 atom stereocenters. The van der Waals surface area contributed by atoms with E-state index in [1.165, 1.54) is 5.56 Å². The number of nitrogens with one attached hydrogen (secondary N) is 1. The van der Waals surface area contributed by atoms with E-state index in [4.69, 9.17) is 4.18 Å². The number of aromatic nitrogens is 1. The molecule has 1 N–H and O–H groups in total. The molecule has 25 heavy (non-hydrogen) atoms. The Morgan fingerprint density at radius 2 is 2.00 bits per heavy atom. The number of rotatable bonds is 4. The highest BCUT2D eigenvalue weighted by Gasteiger charge is 2.21. The lowest BCUT2D eigenvalue weighted by atomic mass is 10.0. The summed E-state index contributed by atoms with van der Waals surface area (Å²) in [6.07, 6.45) is 2.63. The number of thiophene rings is 1. The first-order valence-electron chi connectivity index (χ1n) is 7.90. The zero-order valence-corrected chi connectivity index (χ0v) is 14.9. The summed E-state index contributed by atoms with van der Waals surface area (Å²) in [5.74, 6) is 0.343. The van der Waals surface area contributed by atoms with Crippen LogP contribution < -0.4 is 9.50 Å². The van der Waals surface area contributed by atoms with Crippen LogP contribution in [0.2, 0.25) is 0 Å². The molecule has 0 amide bonds. The standard InChI is InChI=1S/C18H16N2O3S2/c21-25(22,18-7-6-17(24-18)16-3-1-2-9-20-16)23-15-5-4-13-8-10-19-12-14(13)11-15/h1-7,9,11,19H,8,10,12H2. The first-order valence-corrected chi connectivity index (χ1v) is 10.1. The molecule has 0 radical (unpaired) electrons. The van der Waals surface area contributed by atoms with Gasteiger partial charge in [-0.1, -0.05) is 12.1 Å². The molecule has 1 aromatic carbocycles. The lowest BCUT2D eigenvalue weighted by molar-refractivity contribution is 0.487. The van der Waals surface area contributed by atoms with Gasteiger partial charge in [-0.05, 0) is 60.5 Å². The van der Waals surface area contributed by atoms with Crippen molar-refractivity contribution in [3.63, 3.8) is 0 Å². The Labute approximate surface area is 150 Å². The van der Waals surface area contributed by atoms with Crippen LogP contribution in [0.25, 0.3) is 10.6 Å². The Balaban J connectivity index is 1.59. The second-order valence-corrected chi connectivity index (χ2v) is 8.59. The van der Waals surface area contributed by atoms with Gasteiger partial charge in [-0.15, -0.1) is 11.3 Å². The molecule has 1 aliphatic heterocycles. The number of nitrogens with zero attached hydrogens (tertiary/aromatic N) is 1. The minimum atomic E-state index is -3.86. The third kappa shape index (κ3) is 3.44. The highest BCUT2D eigenvalue weighted by atomic mass is 32.3. The van der Waals surface area contributed by atoms with Gasteiger partial charge in [-0.25, -0.2) is 0 Å². The molecule has 3 aromatic rings. The molecule has 2 aromatic heterocycles. The first-order chi connectivity index (χ1) is 12.1. The van der Waals surface area contributed by atoms with Crippen LogP contribution >= 0.6 is 11.3 Å². The lowest BCUT2D eigenvalue weighted by Gasteiger charge is -2.17. The van der Waals surface area contributed by atoms with E-state index in [0.29, 0.717) is 5.75 Å². The summed E-state index contributed by atoms with van der Waals surface area (Å²) in [6.45, 7) is 1.67. The van der Waals surface area contributed by atoms with Gasteiger partial charge in [0.25, 0.3) is 0 Å². The largest absolute Gasteiger partial charge is 0.378 e. The average molecular weight is 372 g/mol. The minimum Gasteiger partial charge on any atom is -0.378 e. The Hall–Kier alpha value is -2.22. The van der Waals surface area contributed by atoms with Crippen LogP contribution in [0.15, 0.2) is 58.9 Å². The second kappa shape index (κ2) is 6.59. The van der Waals surface area contributed by atoms with Crippen molar-refractivity contribution in [1.29, 1.82) is 0 Å². The van der Waals surface area contributed by atoms with Gasteiger partial charge in [0.1, 0.15) is 5.75 Å². The van der Waals surface area contributed by atoms with Crippen molar-refractivity contribution in [3.05, 3.63) is 65.9 Å². The summed E-state index contributed by atoms with van der Waals surface area (Å²) in [4.78, 5) is 5.03. The fourth-order valence-corrected chi connectivity index (χ4v) is 4.94. The summed E-state index contributed by atoms with van der Waals surface area (Å²) in [7, 11) is -3.86. The summed E-state index contributed by atoms with van der Waals surface area (Å²) in [5.41, 5.74) is 3.06. The SMILES string of the molecule is O=S(=O)(Oc1ccc2c(c1)CNCC2)c1ccc(-c2ccccn2)s1. The molecular weight excluding hydrogens is 356 g/mol. The highest BCUT2D eigenvalue weighted by Crippen LogP contribution is 2.31. The van der Waals surface area contributed by atoms with E-state index in [1.54, 1.807) is 30.5 Å². The van der Waals surface area contributed by atoms with E-state index < -0.39 is 10.1 Å². The van der Waals surface area contributed by atoms with E-state index in [9.17, 15) is 8.42 Å². The van der Waals surface area contributed by atoms with E-state index in [-0.39, 0.29) is 4.21 Å². The van der Waals surface area contributed by atoms with Crippen molar-refractivity contribution in [2.45, 2.75) is 17.2 Å². The van der Waals surface area contributed by atoms with E-state index in [1.807, 2.05) is 24.3 Å². The van der Waals surface area contributed by atoms with Crippen LogP contribution in [0.5, 0.6) is 5.75 Å². The summed E-state index contributed by atoms with van der Waals surface area (Å²) < 4.78 is 30.6. The molecule has 7 heteroatoms. The van der Waals surface area contributed by atoms with Crippen LogP contribution in [0, 0.1) is 0 Å². The highest BCUT2D eigenvalue weighted by molar-refractivity contribution is 7.89. The van der Waals surface area contributed by atoms with Gasteiger partial charge in [0.2, 0.25) is 0 Å². The monoisotopic (exact) mass is 372 g/mol. The predicted molar refractivity (Wildman–Crippen MR) is 97.2 cm³/mol. The van der Waals surface area contributed by atoms with Crippen LogP contribution in [0.3, 0.4) is 0 Å². The van der Waals surface area contributed by atoms with Crippen molar-refractivity contribution in [2.75, 3.05) is 6.54 Å². The summed E-state index contributed by atoms with van der Waals surface area (Å²) in [5, 5.41) is 3.27. The molecule has 0 fully saturated rings. The molecule has 128 valence electrons. The van der Waals surface area contributed by atoms with Gasteiger partial charge < -0.3 is 9.50 Å². The van der Waals surface area contributed by atoms with Crippen LogP contribution in [-0.4, -0.2) is 19.9 Å². The molecule has 5 nitrogen and oxygen atoms in total. The number of pyridine rings is 1. The maximum atomic E-state index is 12.6. The maximum absolute atomic E-state index is 12.6. The number of hydrogen-bond donors (Lipinski definition) is 1. The van der Waals surface area contributed by atoms with Crippen molar-refractivity contribution >= 4 is 21.5 Å². The van der Waals surface area contributed by atoms with Crippen LogP contribution in [0.4, 0.5) is 0 Å². The first kappa shape index (κ1) is 16.3. The molecule has 0 saturated carbocycles. The van der Waals surface area contributed by atoms with E-state index >= 15 is 0 Å². The van der Waals surface area contributed by atoms with E-state index in [2.05, 4.69) is 10.3 Å². The molecule has 3 heterocycles. The van der Waals surface area contributed by atoms with Crippen molar-refractivity contribution in [1.82, 2.24) is 10.3 Å².